The summed E-state index contributed by atoms with van der Waals surface area (Å²) in [5, 5.41) is 10.1. The van der Waals surface area contributed by atoms with Gasteiger partial charge in [-0.25, -0.2) is 4.79 Å². The first kappa shape index (κ1) is 11.5. The topological polar surface area (TPSA) is 42.2 Å². The van der Waals surface area contributed by atoms with Gasteiger partial charge in [-0.05, 0) is 18.6 Å². The Hall–Kier alpha value is -2.03. The number of hydrogen-bond acceptors (Lipinski definition) is 1. The van der Waals surface area contributed by atoms with Crippen molar-refractivity contribution in [2.45, 2.75) is 13.3 Å². The maximum atomic E-state index is 11.0. The Bertz CT molecular complexity index is 593. The van der Waals surface area contributed by atoms with E-state index in [1.54, 1.807) is 6.08 Å². The van der Waals surface area contributed by atoms with Crippen molar-refractivity contribution in [1.82, 2.24) is 4.57 Å². The zero-order valence-electron chi connectivity index (χ0n) is 9.97. The Labute approximate surface area is 100.0 Å². The number of para-hydroxylation sites is 1. The lowest BCUT2D eigenvalue weighted by Gasteiger charge is -1.97. The summed E-state index contributed by atoms with van der Waals surface area (Å²) in [5.74, 6) is -0.847. The van der Waals surface area contributed by atoms with Crippen molar-refractivity contribution in [3.63, 3.8) is 0 Å². The molecule has 17 heavy (non-hydrogen) atoms. The minimum absolute atomic E-state index is 0.432. The highest BCUT2D eigenvalue weighted by Crippen LogP contribution is 2.23. The summed E-state index contributed by atoms with van der Waals surface area (Å²) in [4.78, 5) is 11.0. The second-order valence-corrected chi connectivity index (χ2v) is 4.04. The molecule has 0 amide bonds. The predicted molar refractivity (Wildman–Crippen MR) is 68.8 cm³/mol. The third-order valence-corrected chi connectivity index (χ3v) is 2.91. The van der Waals surface area contributed by atoms with Gasteiger partial charge in [0.05, 0.1) is 0 Å². The standard InChI is InChI=1S/C14H15NO2/c1-3-10(14(16)17)8-11-9-15(2)13-7-5-4-6-12(11)13/h4-9H,3H2,1-2H3,(H,16,17). The lowest BCUT2D eigenvalue weighted by Crippen LogP contribution is -1.98. The summed E-state index contributed by atoms with van der Waals surface area (Å²) in [6.45, 7) is 1.85. The minimum atomic E-state index is -0.847. The number of aliphatic carboxylic acids is 1. The van der Waals surface area contributed by atoms with E-state index in [9.17, 15) is 4.79 Å². The van der Waals surface area contributed by atoms with Gasteiger partial charge in [0.25, 0.3) is 0 Å². The number of aryl methyl sites for hydroxylation is 1. The highest BCUT2D eigenvalue weighted by atomic mass is 16.4. The zero-order valence-corrected chi connectivity index (χ0v) is 9.97. The van der Waals surface area contributed by atoms with Gasteiger partial charge in [-0.1, -0.05) is 25.1 Å². The molecule has 3 heteroatoms. The third-order valence-electron chi connectivity index (χ3n) is 2.91. The number of fused-ring (bicyclic) bond motifs is 1. The SMILES string of the molecule is CCC(=Cc1cn(C)c2ccccc12)C(=O)O. The molecule has 3 nitrogen and oxygen atoms in total. The molecule has 1 aromatic carbocycles. The van der Waals surface area contributed by atoms with E-state index in [1.165, 1.54) is 0 Å². The molecule has 0 aliphatic rings. The summed E-state index contributed by atoms with van der Waals surface area (Å²) >= 11 is 0. The van der Waals surface area contributed by atoms with E-state index < -0.39 is 5.97 Å². The van der Waals surface area contributed by atoms with Gasteiger partial charge in [0, 0.05) is 35.3 Å². The average Bonchev–Trinajstić information content (AvgIpc) is 2.63. The second-order valence-electron chi connectivity index (χ2n) is 4.04. The molecule has 2 aromatic rings. The molecule has 0 radical (unpaired) electrons. The molecule has 1 N–H and O–H groups in total. The fourth-order valence-electron chi connectivity index (χ4n) is 1.99. The molecule has 0 unspecified atom stereocenters. The molecule has 0 saturated carbocycles. The maximum Gasteiger partial charge on any atom is 0.331 e. The molecule has 88 valence electrons. The van der Waals surface area contributed by atoms with Gasteiger partial charge in [-0.3, -0.25) is 0 Å². The van der Waals surface area contributed by atoms with Gasteiger partial charge in [-0.15, -0.1) is 0 Å². The molecule has 0 saturated heterocycles. The molecular weight excluding hydrogens is 214 g/mol. The molecule has 0 aliphatic carbocycles. The number of benzene rings is 1. The van der Waals surface area contributed by atoms with Crippen LogP contribution in [0.5, 0.6) is 0 Å². The number of hydrogen-bond donors (Lipinski definition) is 1. The van der Waals surface area contributed by atoms with Crippen molar-refractivity contribution in [2.75, 3.05) is 0 Å². The first-order valence-electron chi connectivity index (χ1n) is 5.61. The van der Waals surface area contributed by atoms with Crippen molar-refractivity contribution < 1.29 is 9.90 Å². The van der Waals surface area contributed by atoms with E-state index in [1.807, 2.05) is 49.0 Å². The summed E-state index contributed by atoms with van der Waals surface area (Å²) in [7, 11) is 1.96. The number of carboxylic acid groups (broad SMARTS) is 1. The number of aromatic nitrogens is 1. The quantitative estimate of drug-likeness (QED) is 0.822. The van der Waals surface area contributed by atoms with Crippen LogP contribution in [0.1, 0.15) is 18.9 Å². The molecule has 0 spiro atoms. The fourth-order valence-corrected chi connectivity index (χ4v) is 1.99. The van der Waals surface area contributed by atoms with Crippen LogP contribution in [0.3, 0.4) is 0 Å². The lowest BCUT2D eigenvalue weighted by molar-refractivity contribution is -0.132. The van der Waals surface area contributed by atoms with Crippen LogP contribution < -0.4 is 0 Å². The normalized spacial score (nSPS) is 12.0. The summed E-state index contributed by atoms with van der Waals surface area (Å²) in [6.07, 6.45) is 4.24. The van der Waals surface area contributed by atoms with Gasteiger partial charge in [0.15, 0.2) is 0 Å². The Morgan fingerprint density at radius 3 is 2.76 bits per heavy atom. The van der Waals surface area contributed by atoms with Crippen LogP contribution in [0.15, 0.2) is 36.0 Å². The largest absolute Gasteiger partial charge is 0.478 e. The molecule has 2 rings (SSSR count). The number of carboxylic acids is 1. The Kier molecular flexibility index (Phi) is 3.00. The first-order chi connectivity index (χ1) is 8.13. The second kappa shape index (κ2) is 4.45. The van der Waals surface area contributed by atoms with Crippen LogP contribution in [-0.2, 0) is 11.8 Å². The number of nitrogens with zero attached hydrogens (tertiary/aromatic N) is 1. The van der Waals surface area contributed by atoms with Crippen molar-refractivity contribution in [1.29, 1.82) is 0 Å². The Morgan fingerprint density at radius 2 is 2.12 bits per heavy atom. The van der Waals surface area contributed by atoms with Crippen molar-refractivity contribution >= 4 is 22.9 Å². The predicted octanol–water partition coefficient (Wildman–Crippen LogP) is 3.06. The lowest BCUT2D eigenvalue weighted by atomic mass is 10.1. The Balaban J connectivity index is 2.60. The average molecular weight is 229 g/mol. The van der Waals surface area contributed by atoms with E-state index in [0.29, 0.717) is 12.0 Å². The third kappa shape index (κ3) is 2.09. The van der Waals surface area contributed by atoms with Crippen LogP contribution in [0, 0.1) is 0 Å². The molecule has 0 fully saturated rings. The number of carbonyl (C=O) groups is 1. The van der Waals surface area contributed by atoms with Crippen LogP contribution in [-0.4, -0.2) is 15.6 Å². The van der Waals surface area contributed by atoms with Gasteiger partial charge in [0.2, 0.25) is 0 Å². The summed E-state index contributed by atoms with van der Waals surface area (Å²) in [6, 6.07) is 7.98. The fraction of sp³-hybridized carbons (Fsp3) is 0.214. The molecule has 1 heterocycles. The monoisotopic (exact) mass is 229 g/mol. The molecule has 0 atom stereocenters. The van der Waals surface area contributed by atoms with Gasteiger partial charge in [0.1, 0.15) is 0 Å². The van der Waals surface area contributed by atoms with Crippen LogP contribution in [0.2, 0.25) is 0 Å². The summed E-state index contributed by atoms with van der Waals surface area (Å²) < 4.78 is 2.01. The molecule has 1 aromatic heterocycles. The van der Waals surface area contributed by atoms with Gasteiger partial charge >= 0.3 is 5.97 Å². The van der Waals surface area contributed by atoms with Gasteiger partial charge < -0.3 is 9.67 Å². The van der Waals surface area contributed by atoms with Gasteiger partial charge in [-0.2, -0.15) is 0 Å². The number of rotatable bonds is 3. The van der Waals surface area contributed by atoms with E-state index in [-0.39, 0.29) is 0 Å². The van der Waals surface area contributed by atoms with Crippen molar-refractivity contribution in [2.24, 2.45) is 7.05 Å². The zero-order chi connectivity index (χ0) is 12.4. The van der Waals surface area contributed by atoms with Crippen LogP contribution in [0.4, 0.5) is 0 Å². The molecule has 0 bridgehead atoms. The Morgan fingerprint density at radius 1 is 1.41 bits per heavy atom. The summed E-state index contributed by atoms with van der Waals surface area (Å²) in [5.41, 5.74) is 2.50. The van der Waals surface area contributed by atoms with Crippen LogP contribution >= 0.6 is 0 Å². The van der Waals surface area contributed by atoms with E-state index in [4.69, 9.17) is 5.11 Å². The van der Waals surface area contributed by atoms with E-state index in [0.717, 1.165) is 16.5 Å². The first-order valence-corrected chi connectivity index (χ1v) is 5.61. The van der Waals surface area contributed by atoms with Crippen LogP contribution in [0.25, 0.3) is 17.0 Å². The van der Waals surface area contributed by atoms with Crippen molar-refractivity contribution in [3.8, 4) is 0 Å². The highest BCUT2D eigenvalue weighted by molar-refractivity contribution is 5.97. The van der Waals surface area contributed by atoms with E-state index in [2.05, 4.69) is 0 Å². The molecule has 0 aliphatic heterocycles. The highest BCUT2D eigenvalue weighted by Gasteiger charge is 2.08. The molecular formula is C14H15NO2. The minimum Gasteiger partial charge on any atom is -0.478 e. The van der Waals surface area contributed by atoms with Crippen molar-refractivity contribution in [3.05, 3.63) is 41.6 Å². The smallest absolute Gasteiger partial charge is 0.331 e. The maximum absolute atomic E-state index is 11.0. The van der Waals surface area contributed by atoms with E-state index >= 15 is 0 Å².